The maximum atomic E-state index is 12.2. The molecule has 0 fully saturated rings. The highest BCUT2D eigenvalue weighted by Crippen LogP contribution is 2.11. The predicted molar refractivity (Wildman–Crippen MR) is 94.0 cm³/mol. The zero-order valence-electron chi connectivity index (χ0n) is 14.0. The molecule has 2 rings (SSSR count). The molecule has 2 atom stereocenters. The number of aryl methyl sites for hydroxylation is 1. The van der Waals surface area contributed by atoms with E-state index in [1.165, 1.54) is 0 Å². The van der Waals surface area contributed by atoms with Crippen molar-refractivity contribution in [1.29, 1.82) is 0 Å². The van der Waals surface area contributed by atoms with Gasteiger partial charge < -0.3 is 16.4 Å². The molecule has 0 bridgehead atoms. The van der Waals surface area contributed by atoms with Crippen LogP contribution < -0.4 is 16.4 Å². The first kappa shape index (κ1) is 17.7. The minimum atomic E-state index is -0.796. The Balaban J connectivity index is 1.86. The maximum Gasteiger partial charge on any atom is 0.242 e. The van der Waals surface area contributed by atoms with Gasteiger partial charge in [-0.15, -0.1) is 0 Å². The van der Waals surface area contributed by atoms with Crippen molar-refractivity contribution in [1.82, 2.24) is 10.6 Å². The van der Waals surface area contributed by atoms with Gasteiger partial charge in [-0.25, -0.2) is 0 Å². The number of nitrogens with one attached hydrogen (secondary N) is 2. The summed E-state index contributed by atoms with van der Waals surface area (Å²) in [6.45, 7) is 4.03. The van der Waals surface area contributed by atoms with E-state index in [2.05, 4.69) is 10.6 Å². The molecule has 0 aliphatic heterocycles. The Morgan fingerprint density at radius 2 is 1.62 bits per heavy atom. The second-order valence-corrected chi connectivity index (χ2v) is 5.82. The van der Waals surface area contributed by atoms with E-state index in [0.29, 0.717) is 6.54 Å². The van der Waals surface area contributed by atoms with Crippen molar-refractivity contribution in [2.75, 3.05) is 0 Å². The summed E-state index contributed by atoms with van der Waals surface area (Å²) >= 11 is 0. The average Bonchev–Trinajstić information content (AvgIpc) is 2.60. The largest absolute Gasteiger partial charge is 0.350 e. The average molecular weight is 325 g/mol. The fourth-order valence-electron chi connectivity index (χ4n) is 2.23. The van der Waals surface area contributed by atoms with Crippen LogP contribution in [-0.2, 0) is 16.1 Å². The van der Waals surface area contributed by atoms with Gasteiger partial charge in [0.1, 0.15) is 12.1 Å². The van der Waals surface area contributed by atoms with E-state index in [1.54, 1.807) is 6.92 Å². The van der Waals surface area contributed by atoms with Crippen LogP contribution >= 0.6 is 0 Å². The molecule has 2 amide bonds. The van der Waals surface area contributed by atoms with Gasteiger partial charge in [0.25, 0.3) is 0 Å². The van der Waals surface area contributed by atoms with Gasteiger partial charge in [0.15, 0.2) is 0 Å². The van der Waals surface area contributed by atoms with Gasteiger partial charge in [0.2, 0.25) is 11.8 Å². The number of hydrogen-bond donors (Lipinski definition) is 3. The monoisotopic (exact) mass is 325 g/mol. The third kappa shape index (κ3) is 4.93. The predicted octanol–water partition coefficient (Wildman–Crippen LogP) is 1.82. The van der Waals surface area contributed by atoms with Gasteiger partial charge in [-0.1, -0.05) is 60.2 Å². The Morgan fingerprint density at radius 1 is 1.00 bits per heavy atom. The molecule has 0 heterocycles. The summed E-state index contributed by atoms with van der Waals surface area (Å²) in [7, 11) is 0. The van der Waals surface area contributed by atoms with Crippen LogP contribution in [0.1, 0.15) is 29.7 Å². The smallest absolute Gasteiger partial charge is 0.242 e. The minimum Gasteiger partial charge on any atom is -0.350 e. The summed E-state index contributed by atoms with van der Waals surface area (Å²) in [5.41, 5.74) is 8.77. The lowest BCUT2D eigenvalue weighted by Gasteiger charge is -2.18. The number of carbonyl (C=O) groups is 2. The lowest BCUT2D eigenvalue weighted by Crippen LogP contribution is -2.47. The van der Waals surface area contributed by atoms with E-state index in [1.807, 2.05) is 61.5 Å². The molecule has 5 nitrogen and oxygen atoms in total. The SMILES string of the molecule is Cc1ccc(C(N)C(=O)NC(C)C(=O)NCc2ccccc2)cc1. The molecule has 5 heteroatoms. The fraction of sp³-hybridized carbons (Fsp3) is 0.263. The van der Waals surface area contributed by atoms with E-state index in [9.17, 15) is 9.59 Å². The molecule has 0 saturated carbocycles. The van der Waals surface area contributed by atoms with Crippen molar-refractivity contribution in [3.63, 3.8) is 0 Å². The third-order valence-electron chi connectivity index (χ3n) is 3.78. The second-order valence-electron chi connectivity index (χ2n) is 5.82. The Labute approximate surface area is 142 Å². The van der Waals surface area contributed by atoms with Crippen LogP contribution in [-0.4, -0.2) is 17.9 Å². The van der Waals surface area contributed by atoms with Crippen molar-refractivity contribution in [3.8, 4) is 0 Å². The van der Waals surface area contributed by atoms with Crippen LogP contribution in [0.3, 0.4) is 0 Å². The lowest BCUT2D eigenvalue weighted by molar-refractivity contribution is -0.129. The van der Waals surface area contributed by atoms with Crippen LogP contribution in [0.15, 0.2) is 54.6 Å². The first-order chi connectivity index (χ1) is 11.5. The molecule has 0 aliphatic rings. The first-order valence-electron chi connectivity index (χ1n) is 7.91. The number of carbonyl (C=O) groups excluding carboxylic acids is 2. The Hall–Kier alpha value is -2.66. The van der Waals surface area contributed by atoms with Gasteiger partial charge in [-0.3, -0.25) is 9.59 Å². The molecular formula is C19H23N3O2. The summed E-state index contributed by atoms with van der Waals surface area (Å²) in [6, 6.07) is 15.6. The van der Waals surface area contributed by atoms with Crippen LogP contribution in [0, 0.1) is 6.92 Å². The van der Waals surface area contributed by atoms with E-state index in [0.717, 1.165) is 16.7 Å². The molecule has 2 unspecified atom stereocenters. The third-order valence-corrected chi connectivity index (χ3v) is 3.78. The molecule has 4 N–H and O–H groups in total. The second kappa shape index (κ2) is 8.26. The summed E-state index contributed by atoms with van der Waals surface area (Å²) in [4.78, 5) is 24.3. The van der Waals surface area contributed by atoms with Gasteiger partial charge in [-0.2, -0.15) is 0 Å². The van der Waals surface area contributed by atoms with Crippen LogP contribution in [0.25, 0.3) is 0 Å². The minimum absolute atomic E-state index is 0.247. The molecule has 2 aromatic carbocycles. The highest BCUT2D eigenvalue weighted by Gasteiger charge is 2.21. The molecule has 24 heavy (non-hydrogen) atoms. The fourth-order valence-corrected chi connectivity index (χ4v) is 2.23. The standard InChI is InChI=1S/C19H23N3O2/c1-13-8-10-16(11-9-13)17(20)19(24)22-14(2)18(23)21-12-15-6-4-3-5-7-15/h3-11,14,17H,12,20H2,1-2H3,(H,21,23)(H,22,24). The highest BCUT2D eigenvalue weighted by molar-refractivity contribution is 5.89. The van der Waals surface area contributed by atoms with Gasteiger partial charge in [0.05, 0.1) is 0 Å². The van der Waals surface area contributed by atoms with Gasteiger partial charge in [0, 0.05) is 6.54 Å². The Kier molecular flexibility index (Phi) is 6.09. The quantitative estimate of drug-likeness (QED) is 0.757. The summed E-state index contributed by atoms with van der Waals surface area (Å²) in [5.74, 6) is -0.621. The normalized spacial score (nSPS) is 13.0. The molecule has 0 radical (unpaired) electrons. The summed E-state index contributed by atoms with van der Waals surface area (Å²) < 4.78 is 0. The van der Waals surface area contributed by atoms with E-state index in [-0.39, 0.29) is 11.8 Å². The Morgan fingerprint density at radius 3 is 2.25 bits per heavy atom. The van der Waals surface area contributed by atoms with Crippen molar-refractivity contribution < 1.29 is 9.59 Å². The van der Waals surface area contributed by atoms with Crippen molar-refractivity contribution in [2.24, 2.45) is 5.73 Å². The number of amides is 2. The van der Waals surface area contributed by atoms with Crippen LogP contribution in [0.5, 0.6) is 0 Å². The van der Waals surface area contributed by atoms with E-state index < -0.39 is 12.1 Å². The first-order valence-corrected chi connectivity index (χ1v) is 7.91. The molecule has 0 spiro atoms. The number of hydrogen-bond acceptors (Lipinski definition) is 3. The zero-order valence-corrected chi connectivity index (χ0v) is 14.0. The van der Waals surface area contributed by atoms with Gasteiger partial charge in [-0.05, 0) is 25.0 Å². The van der Waals surface area contributed by atoms with E-state index in [4.69, 9.17) is 5.73 Å². The van der Waals surface area contributed by atoms with Crippen LogP contribution in [0.4, 0.5) is 0 Å². The summed E-state index contributed by atoms with van der Waals surface area (Å²) in [5, 5.41) is 5.45. The maximum absolute atomic E-state index is 12.2. The van der Waals surface area contributed by atoms with E-state index >= 15 is 0 Å². The molecule has 2 aromatic rings. The number of rotatable bonds is 6. The number of benzene rings is 2. The molecule has 0 saturated heterocycles. The molecular weight excluding hydrogens is 302 g/mol. The molecule has 0 aromatic heterocycles. The number of nitrogens with two attached hydrogens (primary N) is 1. The van der Waals surface area contributed by atoms with Crippen LogP contribution in [0.2, 0.25) is 0 Å². The van der Waals surface area contributed by atoms with Crippen molar-refractivity contribution >= 4 is 11.8 Å². The molecule has 126 valence electrons. The summed E-state index contributed by atoms with van der Waals surface area (Å²) in [6.07, 6.45) is 0. The highest BCUT2D eigenvalue weighted by atomic mass is 16.2. The van der Waals surface area contributed by atoms with Crippen molar-refractivity contribution in [2.45, 2.75) is 32.5 Å². The molecule has 0 aliphatic carbocycles. The topological polar surface area (TPSA) is 84.2 Å². The zero-order chi connectivity index (χ0) is 17.5. The lowest BCUT2D eigenvalue weighted by atomic mass is 10.1. The Bertz CT molecular complexity index is 684. The van der Waals surface area contributed by atoms with Gasteiger partial charge >= 0.3 is 0 Å². The van der Waals surface area contributed by atoms with Crippen molar-refractivity contribution in [3.05, 3.63) is 71.3 Å².